The van der Waals surface area contributed by atoms with Crippen LogP contribution >= 0.6 is 11.9 Å². The predicted molar refractivity (Wildman–Crippen MR) is 26.9 cm³/mol. The van der Waals surface area contributed by atoms with Gasteiger partial charge in [-0.25, -0.2) is 0 Å². The lowest BCUT2D eigenvalue weighted by Crippen LogP contribution is -1.80. The van der Waals surface area contributed by atoms with Crippen LogP contribution in [0.15, 0.2) is 0 Å². The van der Waals surface area contributed by atoms with Crippen molar-refractivity contribution >= 4 is 11.9 Å². The predicted octanol–water partition coefficient (Wildman–Crippen LogP) is 0.507. The van der Waals surface area contributed by atoms with E-state index in [0.717, 1.165) is 5.75 Å². The summed E-state index contributed by atoms with van der Waals surface area (Å²) in [6.45, 7) is 0. The van der Waals surface area contributed by atoms with Crippen LogP contribution in [0, 0.1) is 11.3 Å². The van der Waals surface area contributed by atoms with E-state index in [4.69, 9.17) is 10.4 Å². The van der Waals surface area contributed by atoms with Gasteiger partial charge in [-0.15, -0.1) is 0 Å². The Bertz CT molecular complexity index is 56.3. The lowest BCUT2D eigenvalue weighted by molar-refractivity contribution is 1.24. The zero-order chi connectivity index (χ0) is 4.83. The van der Waals surface area contributed by atoms with Crippen molar-refractivity contribution in [2.24, 2.45) is 5.14 Å². The van der Waals surface area contributed by atoms with Gasteiger partial charge in [-0.1, -0.05) is 11.9 Å². The van der Waals surface area contributed by atoms with Crippen LogP contribution in [-0.2, 0) is 0 Å². The summed E-state index contributed by atoms with van der Waals surface area (Å²) in [7, 11) is 0. The molecule has 0 saturated carbocycles. The zero-order valence-electron chi connectivity index (χ0n) is 3.35. The minimum atomic E-state index is 0.557. The van der Waals surface area contributed by atoms with Crippen molar-refractivity contribution < 1.29 is 0 Å². The average Bonchev–Trinajstić information content (AvgIpc) is 1.61. The van der Waals surface area contributed by atoms with E-state index < -0.39 is 0 Å². The summed E-state index contributed by atoms with van der Waals surface area (Å²) in [6, 6.07) is 1.97. The number of rotatable bonds is 2. The second-order valence-corrected chi connectivity index (χ2v) is 1.52. The highest BCUT2D eigenvalue weighted by Gasteiger charge is 1.74. The minimum absolute atomic E-state index is 0.557. The molecule has 2 N–H and O–H groups in total. The van der Waals surface area contributed by atoms with Gasteiger partial charge in [0.1, 0.15) is 0 Å². The van der Waals surface area contributed by atoms with Gasteiger partial charge in [0.25, 0.3) is 0 Å². The Morgan fingerprint density at radius 2 is 2.50 bits per heavy atom. The third-order valence-corrected chi connectivity index (χ3v) is 0.772. The summed E-state index contributed by atoms with van der Waals surface area (Å²) in [5.41, 5.74) is 0. The molecule has 2 nitrogen and oxygen atoms in total. The van der Waals surface area contributed by atoms with Crippen LogP contribution in [0.3, 0.4) is 0 Å². The largest absolute Gasteiger partial charge is 0.278 e. The molecule has 0 aliphatic carbocycles. The maximum absolute atomic E-state index is 7.88. The first-order valence-corrected chi connectivity index (χ1v) is 2.65. The van der Waals surface area contributed by atoms with E-state index in [9.17, 15) is 0 Å². The van der Waals surface area contributed by atoms with Gasteiger partial charge in [0.15, 0.2) is 0 Å². The van der Waals surface area contributed by atoms with Crippen molar-refractivity contribution in [3.63, 3.8) is 0 Å². The Labute approximate surface area is 41.5 Å². The van der Waals surface area contributed by atoms with E-state index in [1.54, 1.807) is 0 Å². The van der Waals surface area contributed by atoms with Crippen LogP contribution in [0.1, 0.15) is 6.42 Å². The molecular weight excluding hydrogens is 96.1 g/mol. The van der Waals surface area contributed by atoms with E-state index >= 15 is 0 Å². The number of nitriles is 1. The standard InChI is InChI=1S/C3H6N2S/c4-2-1-3-6-5/h1,3,5H2. The smallest absolute Gasteiger partial charge is 0.0630 e. The monoisotopic (exact) mass is 102 g/mol. The van der Waals surface area contributed by atoms with Gasteiger partial charge in [0.2, 0.25) is 0 Å². The van der Waals surface area contributed by atoms with Crippen LogP contribution in [-0.4, -0.2) is 5.75 Å². The molecule has 0 atom stereocenters. The summed E-state index contributed by atoms with van der Waals surface area (Å²) in [4.78, 5) is 0. The number of nitrogens with zero attached hydrogens (tertiary/aromatic N) is 1. The van der Waals surface area contributed by atoms with Crippen molar-refractivity contribution in [1.29, 1.82) is 5.26 Å². The summed E-state index contributed by atoms with van der Waals surface area (Å²) in [5, 5.41) is 12.9. The molecular formula is C3H6N2S. The molecule has 0 aromatic carbocycles. The molecule has 0 aromatic rings. The molecule has 0 saturated heterocycles. The fraction of sp³-hybridized carbons (Fsp3) is 0.667. The molecule has 0 rings (SSSR count). The quantitative estimate of drug-likeness (QED) is 0.408. The van der Waals surface area contributed by atoms with E-state index in [0.29, 0.717) is 6.42 Å². The molecule has 0 amide bonds. The molecule has 6 heavy (non-hydrogen) atoms. The third kappa shape index (κ3) is 3.80. The fourth-order valence-electron chi connectivity index (χ4n) is 0.105. The van der Waals surface area contributed by atoms with Crippen LogP contribution in [0.5, 0.6) is 0 Å². The molecule has 0 aliphatic heterocycles. The van der Waals surface area contributed by atoms with Crippen LogP contribution < -0.4 is 5.14 Å². The summed E-state index contributed by atoms with van der Waals surface area (Å²) in [5.74, 6) is 0.747. The average molecular weight is 102 g/mol. The van der Waals surface area contributed by atoms with Crippen LogP contribution in [0.4, 0.5) is 0 Å². The SMILES string of the molecule is N#CCCSN. The highest BCUT2D eigenvalue weighted by Crippen LogP contribution is 1.86. The lowest BCUT2D eigenvalue weighted by Gasteiger charge is -1.78. The highest BCUT2D eigenvalue weighted by atomic mass is 32.2. The molecule has 0 aromatic heterocycles. The minimum Gasteiger partial charge on any atom is -0.278 e. The molecule has 0 radical (unpaired) electrons. The Hall–Kier alpha value is -0.200. The van der Waals surface area contributed by atoms with Gasteiger partial charge >= 0.3 is 0 Å². The van der Waals surface area contributed by atoms with Crippen molar-refractivity contribution in [3.05, 3.63) is 0 Å². The fourth-order valence-corrected chi connectivity index (χ4v) is 0.314. The molecule has 0 unspecified atom stereocenters. The van der Waals surface area contributed by atoms with E-state index in [1.165, 1.54) is 11.9 Å². The summed E-state index contributed by atoms with van der Waals surface area (Å²) < 4.78 is 0. The topological polar surface area (TPSA) is 49.8 Å². The third-order valence-electron chi connectivity index (χ3n) is 0.332. The number of hydrogen-bond donors (Lipinski definition) is 1. The van der Waals surface area contributed by atoms with Gasteiger partial charge in [-0.2, -0.15) is 5.26 Å². The maximum atomic E-state index is 7.88. The Morgan fingerprint density at radius 1 is 1.83 bits per heavy atom. The van der Waals surface area contributed by atoms with Crippen LogP contribution in [0.2, 0.25) is 0 Å². The Kier molecular flexibility index (Phi) is 4.64. The maximum Gasteiger partial charge on any atom is 0.0630 e. The van der Waals surface area contributed by atoms with Gasteiger partial charge in [-0.3, -0.25) is 5.14 Å². The molecule has 0 fully saturated rings. The number of hydrogen-bond acceptors (Lipinski definition) is 3. The molecule has 3 heteroatoms. The number of nitrogens with two attached hydrogens (primary N) is 1. The van der Waals surface area contributed by atoms with Crippen molar-refractivity contribution in [1.82, 2.24) is 0 Å². The van der Waals surface area contributed by atoms with Crippen molar-refractivity contribution in [3.8, 4) is 6.07 Å². The normalized spacial score (nSPS) is 7.33. The molecule has 34 valence electrons. The van der Waals surface area contributed by atoms with E-state index in [1.807, 2.05) is 6.07 Å². The summed E-state index contributed by atoms with van der Waals surface area (Å²) in [6.07, 6.45) is 0.557. The van der Waals surface area contributed by atoms with Gasteiger partial charge < -0.3 is 0 Å². The highest BCUT2D eigenvalue weighted by molar-refractivity contribution is 7.97. The Balaban J connectivity index is 2.54. The molecule has 0 spiro atoms. The Morgan fingerprint density at radius 3 is 2.67 bits per heavy atom. The van der Waals surface area contributed by atoms with Crippen molar-refractivity contribution in [2.75, 3.05) is 5.75 Å². The zero-order valence-corrected chi connectivity index (χ0v) is 4.16. The van der Waals surface area contributed by atoms with Crippen LogP contribution in [0.25, 0.3) is 0 Å². The first-order valence-electron chi connectivity index (χ1n) is 1.60. The van der Waals surface area contributed by atoms with Crippen molar-refractivity contribution in [2.45, 2.75) is 6.42 Å². The summed E-state index contributed by atoms with van der Waals surface area (Å²) >= 11 is 1.20. The first-order chi connectivity index (χ1) is 2.91. The second kappa shape index (κ2) is 4.80. The van der Waals surface area contributed by atoms with Gasteiger partial charge in [-0.05, 0) is 0 Å². The lowest BCUT2D eigenvalue weighted by atomic mass is 10.6. The molecule has 0 aliphatic rings. The second-order valence-electron chi connectivity index (χ2n) is 0.779. The van der Waals surface area contributed by atoms with Gasteiger partial charge in [0.05, 0.1) is 6.07 Å². The van der Waals surface area contributed by atoms with E-state index in [2.05, 4.69) is 0 Å². The molecule has 0 heterocycles. The first kappa shape index (κ1) is 5.80. The van der Waals surface area contributed by atoms with Gasteiger partial charge in [0, 0.05) is 12.2 Å². The van der Waals surface area contributed by atoms with E-state index in [-0.39, 0.29) is 0 Å². The molecule has 0 bridgehead atoms.